The number of hydrogen-bond acceptors (Lipinski definition) is 3. The highest BCUT2D eigenvalue weighted by molar-refractivity contribution is 9.10. The maximum absolute atomic E-state index is 5.63. The predicted octanol–water partition coefficient (Wildman–Crippen LogP) is 3.46. The Balaban J connectivity index is 1.46. The Hall–Kier alpha value is -0.580. The van der Waals surface area contributed by atoms with Crippen LogP contribution in [-0.2, 0) is 11.3 Å². The Kier molecular flexibility index (Phi) is 4.41. The molecule has 2 aliphatic carbocycles. The molecular weight excluding hydrogens is 306 g/mol. The molecule has 1 N–H and O–H groups in total. The molecule has 1 aromatic carbocycles. The third-order valence-electron chi connectivity index (χ3n) is 3.54. The summed E-state index contributed by atoms with van der Waals surface area (Å²) in [6.07, 6.45) is 5.25. The molecule has 3 rings (SSSR count). The number of rotatable bonds is 8. The largest absolute Gasteiger partial charge is 0.468 e. The third-order valence-corrected chi connectivity index (χ3v) is 4.31. The molecule has 0 heterocycles. The van der Waals surface area contributed by atoms with E-state index >= 15 is 0 Å². The molecule has 0 aliphatic heterocycles. The van der Waals surface area contributed by atoms with Gasteiger partial charge in [0, 0.05) is 17.1 Å². The molecule has 0 aromatic heterocycles. The summed E-state index contributed by atoms with van der Waals surface area (Å²) < 4.78 is 12.3. The number of ether oxygens (including phenoxy) is 2. The zero-order valence-corrected chi connectivity index (χ0v) is 12.6. The van der Waals surface area contributed by atoms with Gasteiger partial charge in [0.2, 0.25) is 0 Å². The fraction of sp³-hybridized carbons (Fsp3) is 0.600. The third kappa shape index (κ3) is 4.48. The summed E-state index contributed by atoms with van der Waals surface area (Å²) in [7, 11) is 0. The first kappa shape index (κ1) is 13.4. The van der Waals surface area contributed by atoms with Gasteiger partial charge in [0.1, 0.15) is 5.75 Å². The first-order chi connectivity index (χ1) is 9.31. The Bertz CT molecular complexity index is 430. The first-order valence-electron chi connectivity index (χ1n) is 7.03. The van der Waals surface area contributed by atoms with E-state index in [0.29, 0.717) is 6.79 Å². The minimum absolute atomic E-state index is 0.355. The molecule has 0 spiro atoms. The van der Waals surface area contributed by atoms with Crippen LogP contribution in [0.4, 0.5) is 0 Å². The Morgan fingerprint density at radius 2 is 2.05 bits per heavy atom. The topological polar surface area (TPSA) is 30.5 Å². The minimum atomic E-state index is 0.355. The van der Waals surface area contributed by atoms with Crippen molar-refractivity contribution in [2.75, 3.05) is 13.4 Å². The molecule has 0 bridgehead atoms. The second kappa shape index (κ2) is 6.25. The number of benzene rings is 1. The van der Waals surface area contributed by atoms with E-state index in [0.717, 1.165) is 35.3 Å². The lowest BCUT2D eigenvalue weighted by molar-refractivity contribution is 0.00993. The highest BCUT2D eigenvalue weighted by atomic mass is 79.9. The molecule has 0 amide bonds. The van der Waals surface area contributed by atoms with Gasteiger partial charge < -0.3 is 14.8 Å². The summed E-state index contributed by atoms with van der Waals surface area (Å²) in [4.78, 5) is 0. The number of halogens is 1. The van der Waals surface area contributed by atoms with Crippen molar-refractivity contribution in [3.8, 4) is 5.75 Å². The molecule has 0 radical (unpaired) electrons. The van der Waals surface area contributed by atoms with E-state index in [4.69, 9.17) is 9.47 Å². The van der Waals surface area contributed by atoms with Crippen molar-refractivity contribution in [3.05, 3.63) is 28.2 Å². The second-order valence-electron chi connectivity index (χ2n) is 5.48. The van der Waals surface area contributed by atoms with Crippen LogP contribution >= 0.6 is 15.9 Å². The molecule has 2 aliphatic rings. The zero-order valence-electron chi connectivity index (χ0n) is 11.0. The lowest BCUT2D eigenvalue weighted by atomic mass is 10.2. The van der Waals surface area contributed by atoms with Gasteiger partial charge in [-0.3, -0.25) is 0 Å². The van der Waals surface area contributed by atoms with Crippen LogP contribution in [0.25, 0.3) is 0 Å². The Labute approximate surface area is 122 Å². The lowest BCUT2D eigenvalue weighted by Crippen LogP contribution is -2.15. The summed E-state index contributed by atoms with van der Waals surface area (Å²) in [5, 5.41) is 3.51. The van der Waals surface area contributed by atoms with Gasteiger partial charge in [-0.15, -0.1) is 0 Å². The van der Waals surface area contributed by atoms with Gasteiger partial charge in [-0.2, -0.15) is 0 Å². The van der Waals surface area contributed by atoms with Gasteiger partial charge in [0.05, 0.1) is 6.61 Å². The normalized spacial score (nSPS) is 18.6. The van der Waals surface area contributed by atoms with Gasteiger partial charge in [-0.1, -0.05) is 15.9 Å². The van der Waals surface area contributed by atoms with Crippen LogP contribution in [0.3, 0.4) is 0 Å². The van der Waals surface area contributed by atoms with Crippen LogP contribution in [-0.4, -0.2) is 19.4 Å². The maximum Gasteiger partial charge on any atom is 0.189 e. The first-order valence-corrected chi connectivity index (χ1v) is 7.83. The summed E-state index contributed by atoms with van der Waals surface area (Å²) in [5.74, 6) is 1.67. The summed E-state index contributed by atoms with van der Waals surface area (Å²) in [6, 6.07) is 6.82. The standard InChI is InChI=1S/C15H20BrNO2/c16-15-6-5-14(19-10-18-9-11-1-2-11)7-12(15)8-17-13-3-4-13/h5-7,11,13,17H,1-4,8-10H2. The SMILES string of the molecule is Brc1ccc(OCOCC2CC2)cc1CNC1CC1. The molecule has 2 fully saturated rings. The van der Waals surface area contributed by atoms with Gasteiger partial charge in [0.15, 0.2) is 6.79 Å². The van der Waals surface area contributed by atoms with Crippen LogP contribution in [0.5, 0.6) is 5.75 Å². The van der Waals surface area contributed by atoms with E-state index in [1.807, 2.05) is 12.1 Å². The van der Waals surface area contributed by atoms with Crippen molar-refractivity contribution in [1.29, 1.82) is 0 Å². The predicted molar refractivity (Wildman–Crippen MR) is 78.2 cm³/mol. The van der Waals surface area contributed by atoms with E-state index in [-0.39, 0.29) is 0 Å². The second-order valence-corrected chi connectivity index (χ2v) is 6.34. The average Bonchev–Trinajstić information content (AvgIpc) is 3.28. The van der Waals surface area contributed by atoms with E-state index in [2.05, 4.69) is 27.3 Å². The molecular formula is C15H20BrNO2. The smallest absolute Gasteiger partial charge is 0.189 e. The van der Waals surface area contributed by atoms with Gasteiger partial charge in [-0.05, 0) is 55.4 Å². The quantitative estimate of drug-likeness (QED) is 0.586. The van der Waals surface area contributed by atoms with Crippen LogP contribution in [0.15, 0.2) is 22.7 Å². The molecule has 0 unspecified atom stereocenters. The van der Waals surface area contributed by atoms with Gasteiger partial charge >= 0.3 is 0 Å². The van der Waals surface area contributed by atoms with Crippen molar-refractivity contribution in [1.82, 2.24) is 5.32 Å². The van der Waals surface area contributed by atoms with Crippen molar-refractivity contribution in [3.63, 3.8) is 0 Å². The maximum atomic E-state index is 5.63. The summed E-state index contributed by atoms with van der Waals surface area (Å²) in [5.41, 5.74) is 1.24. The Morgan fingerprint density at radius 3 is 2.79 bits per heavy atom. The number of hydrogen-bond donors (Lipinski definition) is 1. The van der Waals surface area contributed by atoms with Gasteiger partial charge in [0.25, 0.3) is 0 Å². The fourth-order valence-corrected chi connectivity index (χ4v) is 2.31. The number of nitrogens with one attached hydrogen (secondary N) is 1. The minimum Gasteiger partial charge on any atom is -0.468 e. The van der Waals surface area contributed by atoms with Gasteiger partial charge in [-0.25, -0.2) is 0 Å². The molecule has 19 heavy (non-hydrogen) atoms. The molecule has 0 saturated heterocycles. The zero-order chi connectivity index (χ0) is 13.1. The molecule has 3 nitrogen and oxygen atoms in total. The molecule has 0 atom stereocenters. The van der Waals surface area contributed by atoms with E-state index < -0.39 is 0 Å². The fourth-order valence-electron chi connectivity index (χ4n) is 1.93. The van der Waals surface area contributed by atoms with Crippen LogP contribution in [0, 0.1) is 5.92 Å². The van der Waals surface area contributed by atoms with E-state index in [1.54, 1.807) is 0 Å². The Morgan fingerprint density at radius 1 is 1.21 bits per heavy atom. The highest BCUT2D eigenvalue weighted by Gasteiger charge is 2.21. The van der Waals surface area contributed by atoms with E-state index in [1.165, 1.54) is 31.2 Å². The lowest BCUT2D eigenvalue weighted by Gasteiger charge is -2.10. The van der Waals surface area contributed by atoms with Crippen LogP contribution in [0.2, 0.25) is 0 Å². The molecule has 1 aromatic rings. The molecule has 4 heteroatoms. The van der Waals surface area contributed by atoms with Crippen molar-refractivity contribution in [2.45, 2.75) is 38.3 Å². The van der Waals surface area contributed by atoms with Crippen molar-refractivity contribution < 1.29 is 9.47 Å². The summed E-state index contributed by atoms with van der Waals surface area (Å²) in [6.45, 7) is 2.09. The van der Waals surface area contributed by atoms with Crippen molar-refractivity contribution >= 4 is 15.9 Å². The van der Waals surface area contributed by atoms with E-state index in [9.17, 15) is 0 Å². The van der Waals surface area contributed by atoms with Crippen LogP contribution in [0.1, 0.15) is 31.2 Å². The highest BCUT2D eigenvalue weighted by Crippen LogP contribution is 2.29. The monoisotopic (exact) mass is 325 g/mol. The summed E-state index contributed by atoms with van der Waals surface area (Å²) >= 11 is 3.58. The molecule has 2 saturated carbocycles. The average molecular weight is 326 g/mol. The molecule has 104 valence electrons. The van der Waals surface area contributed by atoms with Crippen LogP contribution < -0.4 is 10.1 Å². The van der Waals surface area contributed by atoms with Crippen molar-refractivity contribution in [2.24, 2.45) is 5.92 Å².